The third-order valence-corrected chi connectivity index (χ3v) is 4.22. The van der Waals surface area contributed by atoms with Crippen molar-refractivity contribution < 1.29 is 14.3 Å². The molecule has 4 heteroatoms. The molecule has 0 unspecified atom stereocenters. The molecule has 0 atom stereocenters. The molecular weight excluding hydrogens is 302 g/mol. The lowest BCUT2D eigenvalue weighted by Gasteiger charge is -2.13. The molecular formula is C20H33NO3. The maximum atomic E-state index is 12.4. The van der Waals surface area contributed by atoms with E-state index in [0.717, 1.165) is 12.8 Å². The van der Waals surface area contributed by atoms with Crippen LogP contribution in [-0.2, 0) is 0 Å². The highest BCUT2D eigenvalue weighted by Crippen LogP contribution is 2.27. The van der Waals surface area contributed by atoms with Gasteiger partial charge >= 0.3 is 0 Å². The van der Waals surface area contributed by atoms with Crippen LogP contribution in [0.3, 0.4) is 0 Å². The summed E-state index contributed by atoms with van der Waals surface area (Å²) < 4.78 is 10.5. The second-order valence-electron chi connectivity index (χ2n) is 6.12. The lowest BCUT2D eigenvalue weighted by atomic mass is 10.1. The van der Waals surface area contributed by atoms with Gasteiger partial charge in [-0.25, -0.2) is 0 Å². The standard InChI is InChI=1S/C20H33NO3/c1-4-5-6-7-8-9-10-11-12-16-21-20(22)19-17(23-2)14-13-15-18(19)24-3/h13-15H,4-12,16H2,1-3H3,(H,21,22). The predicted octanol–water partition coefficient (Wildman–Crippen LogP) is 4.96. The van der Waals surface area contributed by atoms with Gasteiger partial charge in [-0.05, 0) is 18.6 Å². The molecule has 0 saturated carbocycles. The zero-order valence-electron chi connectivity index (χ0n) is 15.5. The lowest BCUT2D eigenvalue weighted by Crippen LogP contribution is -2.25. The van der Waals surface area contributed by atoms with E-state index >= 15 is 0 Å². The Kier molecular flexibility index (Phi) is 10.7. The molecule has 1 amide bonds. The molecule has 4 nitrogen and oxygen atoms in total. The number of carbonyl (C=O) groups excluding carboxylic acids is 1. The van der Waals surface area contributed by atoms with Crippen molar-refractivity contribution in [3.63, 3.8) is 0 Å². The summed E-state index contributed by atoms with van der Waals surface area (Å²) in [6, 6.07) is 5.36. The largest absolute Gasteiger partial charge is 0.496 e. The Bertz CT molecular complexity index is 452. The number of rotatable bonds is 13. The molecule has 0 radical (unpaired) electrons. The quantitative estimate of drug-likeness (QED) is 0.518. The van der Waals surface area contributed by atoms with Crippen LogP contribution in [0, 0.1) is 0 Å². The van der Waals surface area contributed by atoms with Crippen LogP contribution in [0.1, 0.15) is 75.1 Å². The summed E-state index contributed by atoms with van der Waals surface area (Å²) in [5.74, 6) is 0.946. The van der Waals surface area contributed by atoms with Crippen LogP contribution in [0.25, 0.3) is 0 Å². The Labute approximate surface area is 146 Å². The van der Waals surface area contributed by atoms with Gasteiger partial charge < -0.3 is 14.8 Å². The van der Waals surface area contributed by atoms with Gasteiger partial charge in [0.15, 0.2) is 0 Å². The normalized spacial score (nSPS) is 10.5. The van der Waals surface area contributed by atoms with Crippen LogP contribution in [0.15, 0.2) is 18.2 Å². The molecule has 136 valence electrons. The Balaban J connectivity index is 2.23. The molecule has 0 aliphatic carbocycles. The third kappa shape index (κ3) is 7.24. The highest BCUT2D eigenvalue weighted by Gasteiger charge is 2.17. The lowest BCUT2D eigenvalue weighted by molar-refractivity contribution is 0.0946. The maximum Gasteiger partial charge on any atom is 0.258 e. The van der Waals surface area contributed by atoms with E-state index in [1.165, 1.54) is 44.9 Å². The van der Waals surface area contributed by atoms with Crippen molar-refractivity contribution in [1.29, 1.82) is 0 Å². The second-order valence-corrected chi connectivity index (χ2v) is 6.12. The highest BCUT2D eigenvalue weighted by atomic mass is 16.5. The summed E-state index contributed by atoms with van der Waals surface area (Å²) in [5, 5.41) is 2.97. The first-order valence-corrected chi connectivity index (χ1v) is 9.23. The molecule has 0 fully saturated rings. The molecule has 0 spiro atoms. The van der Waals surface area contributed by atoms with Crippen LogP contribution in [-0.4, -0.2) is 26.7 Å². The van der Waals surface area contributed by atoms with E-state index in [9.17, 15) is 4.79 Å². The van der Waals surface area contributed by atoms with Crippen molar-refractivity contribution in [1.82, 2.24) is 5.32 Å². The molecule has 0 aliphatic heterocycles. The van der Waals surface area contributed by atoms with Gasteiger partial charge in [-0.15, -0.1) is 0 Å². The van der Waals surface area contributed by atoms with Gasteiger partial charge in [-0.2, -0.15) is 0 Å². The van der Waals surface area contributed by atoms with Crippen molar-refractivity contribution in [2.75, 3.05) is 20.8 Å². The number of nitrogens with one attached hydrogen (secondary N) is 1. The average Bonchev–Trinajstić information content (AvgIpc) is 2.62. The van der Waals surface area contributed by atoms with E-state index < -0.39 is 0 Å². The summed E-state index contributed by atoms with van der Waals surface area (Å²) in [6.07, 6.45) is 11.5. The molecule has 1 aromatic carbocycles. The summed E-state index contributed by atoms with van der Waals surface area (Å²) in [5.41, 5.74) is 0.471. The van der Waals surface area contributed by atoms with Crippen LogP contribution in [0.4, 0.5) is 0 Å². The van der Waals surface area contributed by atoms with E-state index in [2.05, 4.69) is 12.2 Å². The van der Waals surface area contributed by atoms with E-state index in [0.29, 0.717) is 23.6 Å². The molecule has 24 heavy (non-hydrogen) atoms. The Morgan fingerprint density at radius 2 is 1.38 bits per heavy atom. The Morgan fingerprint density at radius 3 is 1.88 bits per heavy atom. The number of benzene rings is 1. The first-order valence-electron chi connectivity index (χ1n) is 9.23. The number of methoxy groups -OCH3 is 2. The van der Waals surface area contributed by atoms with Gasteiger partial charge in [0.25, 0.3) is 5.91 Å². The minimum atomic E-state index is -0.135. The first-order chi connectivity index (χ1) is 11.7. The minimum Gasteiger partial charge on any atom is -0.496 e. The van der Waals surface area contributed by atoms with Crippen LogP contribution in [0.5, 0.6) is 11.5 Å². The fourth-order valence-corrected chi connectivity index (χ4v) is 2.80. The fourth-order valence-electron chi connectivity index (χ4n) is 2.80. The summed E-state index contributed by atoms with van der Waals surface area (Å²) in [4.78, 5) is 12.4. The second kappa shape index (κ2) is 12.7. The van der Waals surface area contributed by atoms with Crippen molar-refractivity contribution in [3.05, 3.63) is 23.8 Å². The van der Waals surface area contributed by atoms with Crippen LogP contribution >= 0.6 is 0 Å². The zero-order valence-corrected chi connectivity index (χ0v) is 15.5. The number of amides is 1. The topological polar surface area (TPSA) is 47.6 Å². The molecule has 1 aromatic rings. The number of carbonyl (C=O) groups is 1. The average molecular weight is 335 g/mol. The van der Waals surface area contributed by atoms with E-state index in [4.69, 9.17) is 9.47 Å². The van der Waals surface area contributed by atoms with Crippen molar-refractivity contribution in [3.8, 4) is 11.5 Å². The molecule has 0 bridgehead atoms. The Morgan fingerprint density at radius 1 is 0.875 bits per heavy atom. The van der Waals surface area contributed by atoms with Crippen molar-refractivity contribution >= 4 is 5.91 Å². The van der Waals surface area contributed by atoms with Gasteiger partial charge in [0.1, 0.15) is 17.1 Å². The number of unbranched alkanes of at least 4 members (excludes halogenated alkanes) is 8. The fraction of sp³-hybridized carbons (Fsp3) is 0.650. The number of ether oxygens (including phenoxy) is 2. The van der Waals surface area contributed by atoms with Crippen LogP contribution < -0.4 is 14.8 Å². The predicted molar refractivity (Wildman–Crippen MR) is 99.1 cm³/mol. The van der Waals surface area contributed by atoms with Crippen LogP contribution in [0.2, 0.25) is 0 Å². The number of hydrogen-bond acceptors (Lipinski definition) is 3. The Hall–Kier alpha value is -1.71. The van der Waals surface area contributed by atoms with Gasteiger partial charge in [-0.3, -0.25) is 4.79 Å². The van der Waals surface area contributed by atoms with Gasteiger partial charge in [0.05, 0.1) is 14.2 Å². The molecule has 0 heterocycles. The monoisotopic (exact) mass is 335 g/mol. The van der Waals surface area contributed by atoms with Gasteiger partial charge in [-0.1, -0.05) is 64.4 Å². The summed E-state index contributed by atoms with van der Waals surface area (Å²) in [7, 11) is 3.12. The molecule has 0 aromatic heterocycles. The summed E-state index contributed by atoms with van der Waals surface area (Å²) in [6.45, 7) is 2.94. The smallest absolute Gasteiger partial charge is 0.258 e. The molecule has 1 N–H and O–H groups in total. The van der Waals surface area contributed by atoms with E-state index in [1.54, 1.807) is 26.4 Å². The van der Waals surface area contributed by atoms with E-state index in [1.807, 2.05) is 6.07 Å². The molecule has 0 aliphatic rings. The first kappa shape index (κ1) is 20.3. The highest BCUT2D eigenvalue weighted by molar-refractivity contribution is 5.99. The van der Waals surface area contributed by atoms with Gasteiger partial charge in [0.2, 0.25) is 0 Å². The molecule has 1 rings (SSSR count). The number of hydrogen-bond donors (Lipinski definition) is 1. The molecule has 0 saturated heterocycles. The van der Waals surface area contributed by atoms with Gasteiger partial charge in [0, 0.05) is 6.54 Å². The third-order valence-electron chi connectivity index (χ3n) is 4.22. The van der Waals surface area contributed by atoms with Crippen molar-refractivity contribution in [2.24, 2.45) is 0 Å². The van der Waals surface area contributed by atoms with E-state index in [-0.39, 0.29) is 5.91 Å². The summed E-state index contributed by atoms with van der Waals surface area (Å²) >= 11 is 0. The maximum absolute atomic E-state index is 12.4. The minimum absolute atomic E-state index is 0.135. The SMILES string of the molecule is CCCCCCCCCCCNC(=O)c1c(OC)cccc1OC. The zero-order chi connectivity index (χ0) is 17.6. The van der Waals surface area contributed by atoms with Crippen molar-refractivity contribution in [2.45, 2.75) is 64.7 Å².